The second-order valence-corrected chi connectivity index (χ2v) is 5.65. The van der Waals surface area contributed by atoms with Gasteiger partial charge in [-0.2, -0.15) is 0 Å². The third kappa shape index (κ3) is 3.50. The van der Waals surface area contributed by atoms with Gasteiger partial charge in [-0.15, -0.1) is 0 Å². The first-order valence-corrected chi connectivity index (χ1v) is 6.67. The number of carbonyl (C=O) groups excluding carboxylic acids is 1. The molecule has 5 nitrogen and oxygen atoms in total. The minimum Gasteiger partial charge on any atom is -0.493 e. The number of carboxylic acid groups (broad SMARTS) is 1. The molecular formula is C15H19NO4. The van der Waals surface area contributed by atoms with E-state index in [0.29, 0.717) is 18.6 Å². The second-order valence-electron chi connectivity index (χ2n) is 5.65. The van der Waals surface area contributed by atoms with E-state index in [9.17, 15) is 9.59 Å². The van der Waals surface area contributed by atoms with Crippen LogP contribution in [0.4, 0.5) is 0 Å². The standard InChI is InChI=1S/C15H19NO4/c1-15(2,7-5-13(17)18)16-14(19)11-3-4-12-10(9-11)6-8-20-12/h3-4,9H,5-8H2,1-2H3,(H,16,19)(H,17,18). The van der Waals surface area contributed by atoms with Gasteiger partial charge in [0.05, 0.1) is 6.61 Å². The summed E-state index contributed by atoms with van der Waals surface area (Å²) in [5.74, 6) is -0.205. The highest BCUT2D eigenvalue weighted by molar-refractivity contribution is 5.95. The molecule has 0 bridgehead atoms. The lowest BCUT2D eigenvalue weighted by Crippen LogP contribution is -2.43. The van der Waals surface area contributed by atoms with Gasteiger partial charge >= 0.3 is 5.97 Å². The fourth-order valence-electron chi connectivity index (χ4n) is 2.19. The van der Waals surface area contributed by atoms with E-state index in [4.69, 9.17) is 9.84 Å². The molecule has 0 atom stereocenters. The van der Waals surface area contributed by atoms with Crippen LogP contribution < -0.4 is 10.1 Å². The molecule has 2 rings (SSSR count). The third-order valence-electron chi connectivity index (χ3n) is 3.37. The van der Waals surface area contributed by atoms with Crippen molar-refractivity contribution in [2.75, 3.05) is 6.61 Å². The zero-order valence-corrected chi connectivity index (χ0v) is 11.7. The number of carbonyl (C=O) groups is 2. The van der Waals surface area contributed by atoms with Crippen molar-refractivity contribution in [3.8, 4) is 5.75 Å². The molecule has 1 aromatic carbocycles. The summed E-state index contributed by atoms with van der Waals surface area (Å²) >= 11 is 0. The van der Waals surface area contributed by atoms with Gasteiger partial charge in [0.15, 0.2) is 0 Å². The molecule has 20 heavy (non-hydrogen) atoms. The number of hydrogen-bond donors (Lipinski definition) is 2. The van der Waals surface area contributed by atoms with Crippen LogP contribution in [-0.2, 0) is 11.2 Å². The van der Waals surface area contributed by atoms with Crippen molar-refractivity contribution >= 4 is 11.9 Å². The van der Waals surface area contributed by atoms with E-state index < -0.39 is 11.5 Å². The van der Waals surface area contributed by atoms with E-state index in [1.54, 1.807) is 6.07 Å². The first-order valence-electron chi connectivity index (χ1n) is 6.67. The topological polar surface area (TPSA) is 75.6 Å². The Morgan fingerprint density at radius 1 is 1.40 bits per heavy atom. The highest BCUT2D eigenvalue weighted by Gasteiger charge is 2.23. The van der Waals surface area contributed by atoms with Crippen LogP contribution in [-0.4, -0.2) is 29.1 Å². The maximum Gasteiger partial charge on any atom is 0.303 e. The van der Waals surface area contributed by atoms with Crippen molar-refractivity contribution in [3.63, 3.8) is 0 Å². The average molecular weight is 277 g/mol. The van der Waals surface area contributed by atoms with E-state index in [2.05, 4.69) is 5.32 Å². The van der Waals surface area contributed by atoms with Crippen LogP contribution in [0.5, 0.6) is 5.75 Å². The average Bonchev–Trinajstić information content (AvgIpc) is 2.83. The van der Waals surface area contributed by atoms with Gasteiger partial charge in [0.2, 0.25) is 0 Å². The summed E-state index contributed by atoms with van der Waals surface area (Å²) in [6, 6.07) is 5.37. The zero-order valence-electron chi connectivity index (χ0n) is 11.7. The molecule has 0 fully saturated rings. The van der Waals surface area contributed by atoms with Gasteiger partial charge in [0.1, 0.15) is 5.75 Å². The summed E-state index contributed by atoms with van der Waals surface area (Å²) in [6.07, 6.45) is 1.24. The summed E-state index contributed by atoms with van der Waals surface area (Å²) in [5.41, 5.74) is 1.07. The Bertz CT molecular complexity index is 537. The van der Waals surface area contributed by atoms with Crippen molar-refractivity contribution in [2.45, 2.75) is 38.6 Å². The Balaban J connectivity index is 2.02. The molecule has 0 aliphatic carbocycles. The normalized spacial score (nSPS) is 13.5. The molecule has 0 saturated heterocycles. The monoisotopic (exact) mass is 277 g/mol. The highest BCUT2D eigenvalue weighted by atomic mass is 16.5. The van der Waals surface area contributed by atoms with Gasteiger partial charge in [-0.1, -0.05) is 0 Å². The van der Waals surface area contributed by atoms with Crippen molar-refractivity contribution in [2.24, 2.45) is 0 Å². The summed E-state index contributed by atoms with van der Waals surface area (Å²) in [7, 11) is 0. The number of hydrogen-bond acceptors (Lipinski definition) is 3. The quantitative estimate of drug-likeness (QED) is 0.863. The van der Waals surface area contributed by atoms with Gasteiger partial charge in [-0.3, -0.25) is 9.59 Å². The van der Waals surface area contributed by atoms with Crippen molar-refractivity contribution < 1.29 is 19.4 Å². The molecule has 108 valence electrons. The van der Waals surface area contributed by atoms with Crippen LogP contribution in [0.2, 0.25) is 0 Å². The van der Waals surface area contributed by atoms with Crippen LogP contribution in [0.3, 0.4) is 0 Å². The molecule has 1 heterocycles. The number of fused-ring (bicyclic) bond motifs is 1. The Hall–Kier alpha value is -2.04. The van der Waals surface area contributed by atoms with Crippen LogP contribution in [0.1, 0.15) is 42.6 Å². The number of nitrogens with one attached hydrogen (secondary N) is 1. The minimum absolute atomic E-state index is 0.0330. The Morgan fingerprint density at radius 3 is 2.85 bits per heavy atom. The van der Waals surface area contributed by atoms with Crippen LogP contribution in [0.15, 0.2) is 18.2 Å². The van der Waals surface area contributed by atoms with Crippen LogP contribution in [0, 0.1) is 0 Å². The van der Waals surface area contributed by atoms with E-state index in [-0.39, 0.29) is 12.3 Å². The van der Waals surface area contributed by atoms with Gasteiger partial charge in [0.25, 0.3) is 5.91 Å². The van der Waals surface area contributed by atoms with Crippen molar-refractivity contribution in [1.82, 2.24) is 5.32 Å². The van der Waals surface area contributed by atoms with Gasteiger partial charge in [-0.25, -0.2) is 0 Å². The van der Waals surface area contributed by atoms with Gasteiger partial charge in [-0.05, 0) is 44.0 Å². The second kappa shape index (κ2) is 5.53. The number of ether oxygens (including phenoxy) is 1. The molecule has 0 unspecified atom stereocenters. The van der Waals surface area contributed by atoms with Crippen molar-refractivity contribution in [3.05, 3.63) is 29.3 Å². The summed E-state index contributed by atoms with van der Waals surface area (Å²) in [6.45, 7) is 4.30. The van der Waals surface area contributed by atoms with Gasteiger partial charge < -0.3 is 15.2 Å². The predicted molar refractivity (Wildman–Crippen MR) is 74.1 cm³/mol. The number of amides is 1. The molecule has 5 heteroatoms. The summed E-state index contributed by atoms with van der Waals surface area (Å²) < 4.78 is 5.40. The molecule has 0 radical (unpaired) electrons. The van der Waals surface area contributed by atoms with Crippen LogP contribution in [0.25, 0.3) is 0 Å². The molecule has 1 amide bonds. The minimum atomic E-state index is -0.859. The third-order valence-corrected chi connectivity index (χ3v) is 3.37. The SMILES string of the molecule is CC(C)(CCC(=O)O)NC(=O)c1ccc2c(c1)CCO2. The largest absolute Gasteiger partial charge is 0.493 e. The van der Waals surface area contributed by atoms with E-state index in [0.717, 1.165) is 17.7 Å². The predicted octanol–water partition coefficient (Wildman–Crippen LogP) is 1.99. The molecule has 1 aliphatic rings. The number of benzene rings is 1. The number of rotatable bonds is 5. The van der Waals surface area contributed by atoms with Crippen LogP contribution >= 0.6 is 0 Å². The maximum absolute atomic E-state index is 12.2. The van der Waals surface area contributed by atoms with Gasteiger partial charge in [0, 0.05) is 23.9 Å². The van der Waals surface area contributed by atoms with E-state index in [1.165, 1.54) is 0 Å². The lowest BCUT2D eigenvalue weighted by molar-refractivity contribution is -0.137. The molecule has 0 spiro atoms. The smallest absolute Gasteiger partial charge is 0.303 e. The maximum atomic E-state index is 12.2. The Labute approximate surface area is 117 Å². The first-order chi connectivity index (χ1) is 9.37. The summed E-state index contributed by atoms with van der Waals surface area (Å²) in [4.78, 5) is 22.8. The molecule has 1 aromatic rings. The molecule has 1 aliphatic heterocycles. The molecule has 2 N–H and O–H groups in total. The summed E-state index contributed by atoms with van der Waals surface area (Å²) in [5, 5.41) is 11.6. The number of aliphatic carboxylic acids is 1. The highest BCUT2D eigenvalue weighted by Crippen LogP contribution is 2.26. The van der Waals surface area contributed by atoms with E-state index >= 15 is 0 Å². The lowest BCUT2D eigenvalue weighted by atomic mass is 9.97. The fraction of sp³-hybridized carbons (Fsp3) is 0.467. The molecule has 0 saturated carbocycles. The molecular weight excluding hydrogens is 258 g/mol. The fourth-order valence-corrected chi connectivity index (χ4v) is 2.19. The lowest BCUT2D eigenvalue weighted by Gasteiger charge is -2.25. The molecule has 0 aromatic heterocycles. The first kappa shape index (κ1) is 14.4. The van der Waals surface area contributed by atoms with Crippen molar-refractivity contribution in [1.29, 1.82) is 0 Å². The Kier molecular flexibility index (Phi) is 3.97. The zero-order chi connectivity index (χ0) is 14.8. The van der Waals surface area contributed by atoms with E-state index in [1.807, 2.05) is 26.0 Å². The Morgan fingerprint density at radius 2 is 2.15 bits per heavy atom. The number of carboxylic acids is 1.